The Morgan fingerprint density at radius 1 is 1.12 bits per heavy atom. The zero-order chi connectivity index (χ0) is 23.4. The van der Waals surface area contributed by atoms with Gasteiger partial charge in [-0.2, -0.15) is 0 Å². The number of rotatable bonds is 6. The Morgan fingerprint density at radius 3 is 2.70 bits per heavy atom. The van der Waals surface area contributed by atoms with Crippen LogP contribution in [0.1, 0.15) is 34.8 Å². The molecule has 3 N–H and O–H groups in total. The molecule has 0 spiro atoms. The first-order valence-corrected chi connectivity index (χ1v) is 11.3. The second kappa shape index (κ2) is 9.45. The van der Waals surface area contributed by atoms with Crippen molar-refractivity contribution in [3.63, 3.8) is 0 Å². The average molecular weight is 443 g/mol. The van der Waals surface area contributed by atoms with Crippen LogP contribution in [0.5, 0.6) is 0 Å². The summed E-state index contributed by atoms with van der Waals surface area (Å²) >= 11 is 0. The minimum absolute atomic E-state index is 0.00922. The van der Waals surface area contributed by atoms with Gasteiger partial charge in [0.05, 0.1) is 16.7 Å². The third kappa shape index (κ3) is 4.75. The van der Waals surface area contributed by atoms with Crippen molar-refractivity contribution >= 4 is 17.5 Å². The van der Waals surface area contributed by atoms with Crippen molar-refractivity contribution in [2.24, 2.45) is 5.41 Å². The summed E-state index contributed by atoms with van der Waals surface area (Å²) in [7, 11) is 0. The normalized spacial score (nSPS) is 17.7. The van der Waals surface area contributed by atoms with Gasteiger partial charge in [-0.15, -0.1) is 0 Å². The van der Waals surface area contributed by atoms with Gasteiger partial charge in [-0.05, 0) is 49.4 Å². The zero-order valence-electron chi connectivity index (χ0n) is 19.2. The van der Waals surface area contributed by atoms with Crippen LogP contribution >= 0.6 is 0 Å². The molecule has 2 heterocycles. The number of nitrogens with one attached hydrogen (secondary N) is 1. The molecule has 4 rings (SSSR count). The number of aryl methyl sites for hydroxylation is 1. The molecule has 0 aliphatic carbocycles. The minimum Gasteiger partial charge on any atom is -0.397 e. The highest BCUT2D eigenvalue weighted by Gasteiger charge is 2.46. The molecule has 0 bridgehead atoms. The van der Waals surface area contributed by atoms with Crippen molar-refractivity contribution in [3.8, 4) is 11.1 Å². The molecule has 0 unspecified atom stereocenters. The number of aromatic nitrogens is 1. The minimum atomic E-state index is -0.695. The van der Waals surface area contributed by atoms with Crippen LogP contribution in [0.2, 0.25) is 0 Å². The molecule has 1 fully saturated rings. The Bertz CT molecular complexity index is 1180. The third-order valence-electron chi connectivity index (χ3n) is 6.34. The summed E-state index contributed by atoms with van der Waals surface area (Å²) in [5, 5.41) is 3.02. The number of nitrogen functional groups attached to an aromatic ring is 1. The molecule has 0 radical (unpaired) electrons. The molecule has 1 aliphatic heterocycles. The van der Waals surface area contributed by atoms with Crippen LogP contribution in [0.3, 0.4) is 0 Å². The molecule has 33 heavy (non-hydrogen) atoms. The van der Waals surface area contributed by atoms with E-state index >= 15 is 0 Å². The van der Waals surface area contributed by atoms with Gasteiger partial charge in [0.1, 0.15) is 0 Å². The maximum absolute atomic E-state index is 13.4. The van der Waals surface area contributed by atoms with E-state index in [2.05, 4.69) is 53.6 Å². The van der Waals surface area contributed by atoms with Crippen LogP contribution in [0, 0.1) is 12.3 Å². The Hall–Kier alpha value is -3.67. The van der Waals surface area contributed by atoms with Gasteiger partial charge in [-0.1, -0.05) is 54.1 Å². The van der Waals surface area contributed by atoms with Crippen LogP contribution in [0.4, 0.5) is 5.69 Å². The van der Waals surface area contributed by atoms with E-state index in [1.807, 2.05) is 19.1 Å². The van der Waals surface area contributed by atoms with Gasteiger partial charge >= 0.3 is 0 Å². The molecule has 0 saturated carbocycles. The lowest BCUT2D eigenvalue weighted by Crippen LogP contribution is -2.45. The second-order valence-corrected chi connectivity index (χ2v) is 8.83. The molecule has 6 nitrogen and oxygen atoms in total. The van der Waals surface area contributed by atoms with Crippen molar-refractivity contribution in [1.29, 1.82) is 0 Å². The molecular formula is C27H30N4O2. The first-order chi connectivity index (χ1) is 15.9. The van der Waals surface area contributed by atoms with E-state index in [-0.39, 0.29) is 11.8 Å². The maximum atomic E-state index is 13.4. The number of carbonyl (C=O) groups is 2. The third-order valence-corrected chi connectivity index (χ3v) is 6.34. The van der Waals surface area contributed by atoms with E-state index in [0.29, 0.717) is 43.7 Å². The monoisotopic (exact) mass is 442 g/mol. The van der Waals surface area contributed by atoms with Gasteiger partial charge in [0.25, 0.3) is 5.91 Å². The topological polar surface area (TPSA) is 88.3 Å². The van der Waals surface area contributed by atoms with Gasteiger partial charge in [0, 0.05) is 32.0 Å². The van der Waals surface area contributed by atoms with Gasteiger partial charge < -0.3 is 16.0 Å². The van der Waals surface area contributed by atoms with Gasteiger partial charge in [0.2, 0.25) is 5.91 Å². The fourth-order valence-electron chi connectivity index (χ4n) is 4.69. The Balaban J connectivity index is 1.66. The van der Waals surface area contributed by atoms with Crippen LogP contribution in [0.25, 0.3) is 11.1 Å². The molecule has 2 aromatic carbocycles. The van der Waals surface area contributed by atoms with Crippen molar-refractivity contribution in [1.82, 2.24) is 15.2 Å². The number of likely N-dealkylation sites (tertiary alicyclic amines) is 1. The number of hydrogen-bond donors (Lipinski definition) is 2. The van der Waals surface area contributed by atoms with Crippen molar-refractivity contribution < 1.29 is 9.59 Å². The second-order valence-electron chi connectivity index (χ2n) is 8.83. The molecule has 6 heteroatoms. The lowest BCUT2D eigenvalue weighted by atomic mass is 9.78. The summed E-state index contributed by atoms with van der Waals surface area (Å²) in [6.45, 7) is 5.41. The Kier molecular flexibility index (Phi) is 6.45. The zero-order valence-corrected chi connectivity index (χ0v) is 19.2. The summed E-state index contributed by atoms with van der Waals surface area (Å²) in [5.41, 5.74) is 10.6. The summed E-state index contributed by atoms with van der Waals surface area (Å²) in [4.78, 5) is 32.3. The van der Waals surface area contributed by atoms with Crippen molar-refractivity contribution in [2.45, 2.75) is 26.7 Å². The summed E-state index contributed by atoms with van der Waals surface area (Å²) < 4.78 is 0. The highest BCUT2D eigenvalue weighted by molar-refractivity contribution is 5.96. The fourth-order valence-corrected chi connectivity index (χ4v) is 4.69. The number of hydrogen-bond acceptors (Lipinski definition) is 4. The molecule has 1 saturated heterocycles. The lowest BCUT2D eigenvalue weighted by Gasteiger charge is -2.29. The summed E-state index contributed by atoms with van der Waals surface area (Å²) in [6.07, 6.45) is 4.20. The average Bonchev–Trinajstić information content (AvgIpc) is 3.24. The molecule has 3 aromatic rings. The summed E-state index contributed by atoms with van der Waals surface area (Å²) in [5.74, 6) is -0.155. The van der Waals surface area contributed by atoms with Crippen LogP contribution in [0.15, 0.2) is 67.0 Å². The highest BCUT2D eigenvalue weighted by atomic mass is 16.2. The smallest absolute Gasteiger partial charge is 0.255 e. The largest absolute Gasteiger partial charge is 0.397 e. The fraction of sp³-hybridized carbons (Fsp3) is 0.296. The molecule has 2 amide bonds. The van der Waals surface area contributed by atoms with E-state index in [9.17, 15) is 9.59 Å². The Morgan fingerprint density at radius 2 is 1.94 bits per heavy atom. The number of nitrogens with zero attached hydrogens (tertiary/aromatic N) is 2. The highest BCUT2D eigenvalue weighted by Crippen LogP contribution is 2.38. The standard InChI is InChI=1S/C27H30N4O2/c1-3-30-26(33)27(11-12-31(18-27)25(32)22-14-23(28)17-29-16-22)15-21-8-4-5-10-24(21)20-9-6-7-19(2)13-20/h4-10,13-14,16-17H,3,11-12,15,18,28H2,1-2H3,(H,30,33)/t27-/m0/s1. The molecule has 1 atom stereocenters. The SMILES string of the molecule is CCNC(=O)[C@]1(Cc2ccccc2-c2cccc(C)c2)CCN(C(=O)c2cncc(N)c2)C1. The first kappa shape index (κ1) is 22.5. The van der Waals surface area contributed by atoms with E-state index in [4.69, 9.17) is 5.73 Å². The number of pyridine rings is 1. The molecule has 170 valence electrons. The van der Waals surface area contributed by atoms with Crippen LogP contribution in [-0.2, 0) is 11.2 Å². The number of benzene rings is 2. The predicted octanol–water partition coefficient (Wildman–Crippen LogP) is 3.85. The summed E-state index contributed by atoms with van der Waals surface area (Å²) in [6, 6.07) is 18.3. The van der Waals surface area contributed by atoms with E-state index in [1.54, 1.807) is 11.0 Å². The predicted molar refractivity (Wildman–Crippen MR) is 131 cm³/mol. The quantitative estimate of drug-likeness (QED) is 0.607. The maximum Gasteiger partial charge on any atom is 0.255 e. The van der Waals surface area contributed by atoms with Gasteiger partial charge in [-0.25, -0.2) is 0 Å². The molecule has 1 aromatic heterocycles. The van der Waals surface area contributed by atoms with Crippen LogP contribution < -0.4 is 11.1 Å². The Labute approximate surface area is 194 Å². The van der Waals surface area contributed by atoms with Crippen LogP contribution in [-0.4, -0.2) is 41.3 Å². The van der Waals surface area contributed by atoms with Gasteiger partial charge in [0.15, 0.2) is 0 Å². The van der Waals surface area contributed by atoms with Crippen molar-refractivity contribution in [3.05, 3.63) is 83.7 Å². The lowest BCUT2D eigenvalue weighted by molar-refractivity contribution is -0.130. The molecular weight excluding hydrogens is 412 g/mol. The van der Waals surface area contributed by atoms with E-state index in [0.717, 1.165) is 16.7 Å². The number of carbonyl (C=O) groups excluding carboxylic acids is 2. The van der Waals surface area contributed by atoms with E-state index < -0.39 is 5.41 Å². The van der Waals surface area contributed by atoms with E-state index in [1.165, 1.54) is 18.0 Å². The molecule has 1 aliphatic rings. The number of amides is 2. The van der Waals surface area contributed by atoms with Gasteiger partial charge in [-0.3, -0.25) is 14.6 Å². The van der Waals surface area contributed by atoms with Crippen molar-refractivity contribution in [2.75, 3.05) is 25.4 Å². The first-order valence-electron chi connectivity index (χ1n) is 11.3. The number of nitrogens with two attached hydrogens (primary N) is 1. The number of anilines is 1.